The standard InChI is InChI=1S/C13H15F3N4O4S2/c1-23-11-9(19-20-17)10(22)8(5-21)24-12(11)25-6-2-7(4-18-3-6)26-13(14,15)16/h2-4,8-12,21-22H,5H2,1H3/t8?,9?,10-,11?,12+/m0/s1. The second-order valence-corrected chi connectivity index (χ2v) is 7.44. The molecule has 1 fully saturated rings. The lowest BCUT2D eigenvalue weighted by Gasteiger charge is -2.41. The summed E-state index contributed by atoms with van der Waals surface area (Å²) in [5, 5.41) is 23.0. The van der Waals surface area contributed by atoms with E-state index < -0.39 is 41.9 Å². The average Bonchev–Trinajstić information content (AvgIpc) is 2.56. The van der Waals surface area contributed by atoms with Crippen LogP contribution in [0.25, 0.3) is 10.4 Å². The zero-order valence-electron chi connectivity index (χ0n) is 13.3. The third-order valence-electron chi connectivity index (χ3n) is 3.46. The molecule has 0 radical (unpaired) electrons. The molecule has 26 heavy (non-hydrogen) atoms. The van der Waals surface area contributed by atoms with Crippen LogP contribution in [0.2, 0.25) is 0 Å². The van der Waals surface area contributed by atoms with Crippen molar-refractivity contribution in [1.82, 2.24) is 4.98 Å². The van der Waals surface area contributed by atoms with Crippen molar-refractivity contribution >= 4 is 23.5 Å². The van der Waals surface area contributed by atoms with Gasteiger partial charge < -0.3 is 19.7 Å². The van der Waals surface area contributed by atoms with Gasteiger partial charge in [0.15, 0.2) is 0 Å². The molecule has 0 aromatic carbocycles. The molecule has 3 unspecified atom stereocenters. The minimum absolute atomic E-state index is 0.0994. The first-order valence-corrected chi connectivity index (χ1v) is 8.87. The van der Waals surface area contributed by atoms with Gasteiger partial charge in [-0.05, 0) is 23.4 Å². The molecule has 1 saturated heterocycles. The summed E-state index contributed by atoms with van der Waals surface area (Å²) < 4.78 is 48.3. The molecule has 2 N–H and O–H groups in total. The van der Waals surface area contributed by atoms with Crippen LogP contribution in [-0.2, 0) is 9.47 Å². The largest absolute Gasteiger partial charge is 0.446 e. The number of alkyl halides is 3. The van der Waals surface area contributed by atoms with Crippen molar-refractivity contribution in [3.05, 3.63) is 28.9 Å². The molecule has 5 atom stereocenters. The van der Waals surface area contributed by atoms with Gasteiger partial charge in [0.1, 0.15) is 17.6 Å². The maximum absolute atomic E-state index is 12.5. The van der Waals surface area contributed by atoms with Gasteiger partial charge in [-0.3, -0.25) is 4.98 Å². The van der Waals surface area contributed by atoms with Crippen molar-refractivity contribution in [2.45, 2.75) is 45.1 Å². The van der Waals surface area contributed by atoms with Crippen LogP contribution in [0, 0.1) is 0 Å². The highest BCUT2D eigenvalue weighted by atomic mass is 32.2. The molecule has 0 bridgehead atoms. The summed E-state index contributed by atoms with van der Waals surface area (Å²) >= 11 is 0.695. The van der Waals surface area contributed by atoms with Crippen LogP contribution in [-0.4, -0.2) is 64.2 Å². The Balaban J connectivity index is 2.23. The maximum atomic E-state index is 12.5. The number of aromatic nitrogens is 1. The van der Waals surface area contributed by atoms with Crippen LogP contribution in [0.4, 0.5) is 13.2 Å². The lowest BCUT2D eigenvalue weighted by Crippen LogP contribution is -2.57. The fraction of sp³-hybridized carbons (Fsp3) is 0.615. The number of hydrogen-bond donors (Lipinski definition) is 2. The van der Waals surface area contributed by atoms with E-state index in [1.54, 1.807) is 0 Å². The van der Waals surface area contributed by atoms with E-state index in [1.807, 2.05) is 0 Å². The van der Waals surface area contributed by atoms with Gasteiger partial charge in [-0.15, -0.1) is 0 Å². The summed E-state index contributed by atoms with van der Waals surface area (Å²) in [4.78, 5) is 6.71. The highest BCUT2D eigenvalue weighted by molar-refractivity contribution is 8.00. The van der Waals surface area contributed by atoms with E-state index in [1.165, 1.54) is 19.4 Å². The van der Waals surface area contributed by atoms with Gasteiger partial charge in [-0.2, -0.15) is 13.2 Å². The summed E-state index contributed by atoms with van der Waals surface area (Å²) in [5.74, 6) is 0. The number of thioether (sulfide) groups is 2. The predicted molar refractivity (Wildman–Crippen MR) is 87.5 cm³/mol. The number of methoxy groups -OCH3 is 1. The van der Waals surface area contributed by atoms with Crippen molar-refractivity contribution in [2.75, 3.05) is 13.7 Å². The first-order chi connectivity index (χ1) is 12.3. The van der Waals surface area contributed by atoms with Crippen LogP contribution < -0.4 is 0 Å². The lowest BCUT2D eigenvalue weighted by molar-refractivity contribution is -0.167. The van der Waals surface area contributed by atoms with Gasteiger partial charge in [0, 0.05) is 34.2 Å². The van der Waals surface area contributed by atoms with Gasteiger partial charge in [0.05, 0.1) is 18.8 Å². The van der Waals surface area contributed by atoms with E-state index in [2.05, 4.69) is 15.0 Å². The van der Waals surface area contributed by atoms with Crippen molar-refractivity contribution in [3.8, 4) is 0 Å². The number of aliphatic hydroxyl groups excluding tert-OH is 2. The van der Waals surface area contributed by atoms with E-state index >= 15 is 0 Å². The number of ether oxygens (including phenoxy) is 2. The monoisotopic (exact) mass is 412 g/mol. The van der Waals surface area contributed by atoms with Crippen LogP contribution >= 0.6 is 23.5 Å². The van der Waals surface area contributed by atoms with E-state index in [-0.39, 0.29) is 16.7 Å². The molecule has 1 aliphatic rings. The van der Waals surface area contributed by atoms with Crippen LogP contribution in [0.1, 0.15) is 0 Å². The minimum atomic E-state index is -4.44. The average molecular weight is 412 g/mol. The minimum Gasteiger partial charge on any atom is -0.394 e. The zero-order valence-corrected chi connectivity index (χ0v) is 14.9. The Kier molecular flexibility index (Phi) is 7.41. The molecule has 0 aliphatic carbocycles. The Hall–Kier alpha value is -1.21. The highest BCUT2D eigenvalue weighted by Gasteiger charge is 2.45. The Labute approximate surface area is 154 Å². The second kappa shape index (κ2) is 9.13. The summed E-state index contributed by atoms with van der Waals surface area (Å²) in [6.45, 7) is -0.533. The van der Waals surface area contributed by atoms with Gasteiger partial charge in [0.25, 0.3) is 0 Å². The van der Waals surface area contributed by atoms with Crippen LogP contribution in [0.15, 0.2) is 33.4 Å². The quantitative estimate of drug-likeness (QED) is 0.319. The summed E-state index contributed by atoms with van der Waals surface area (Å²) in [7, 11) is 1.32. The van der Waals surface area contributed by atoms with Gasteiger partial charge in [-0.25, -0.2) is 0 Å². The molecule has 2 heterocycles. The number of rotatable bonds is 6. The third-order valence-corrected chi connectivity index (χ3v) is 5.25. The highest BCUT2D eigenvalue weighted by Crippen LogP contribution is 2.40. The van der Waals surface area contributed by atoms with Gasteiger partial charge >= 0.3 is 5.51 Å². The smallest absolute Gasteiger partial charge is 0.394 e. The second-order valence-electron chi connectivity index (χ2n) is 5.13. The van der Waals surface area contributed by atoms with E-state index in [0.717, 1.165) is 18.0 Å². The summed E-state index contributed by atoms with van der Waals surface area (Å²) in [5.41, 5.74) is 3.40. The molecular formula is C13H15F3N4O4S2. The van der Waals surface area contributed by atoms with Crippen molar-refractivity contribution in [1.29, 1.82) is 0 Å². The zero-order chi connectivity index (χ0) is 19.3. The molecule has 0 spiro atoms. The Morgan fingerprint density at radius 3 is 2.69 bits per heavy atom. The number of azide groups is 1. The Morgan fingerprint density at radius 2 is 2.12 bits per heavy atom. The predicted octanol–water partition coefficient (Wildman–Crippen LogP) is 2.56. The molecular weight excluding hydrogens is 397 g/mol. The molecule has 1 aromatic rings. The molecule has 0 saturated carbocycles. The molecule has 1 aliphatic heterocycles. The first-order valence-electron chi connectivity index (χ1n) is 7.18. The van der Waals surface area contributed by atoms with E-state index in [4.69, 9.17) is 15.0 Å². The van der Waals surface area contributed by atoms with E-state index in [0.29, 0.717) is 4.90 Å². The maximum Gasteiger partial charge on any atom is 0.446 e. The number of halogens is 3. The first kappa shape index (κ1) is 21.1. The number of hydrogen-bond acceptors (Lipinski definition) is 8. The Morgan fingerprint density at radius 1 is 1.42 bits per heavy atom. The van der Waals surface area contributed by atoms with Gasteiger partial charge in [-0.1, -0.05) is 16.9 Å². The fourth-order valence-corrected chi connectivity index (χ4v) is 4.21. The molecule has 0 amide bonds. The Bertz CT molecular complexity index is 663. The fourth-order valence-electron chi connectivity index (χ4n) is 2.38. The SMILES string of the molecule is COC1C(N=[N+]=[N-])[C@@H](O)C(CO)O[C@@H]1Sc1cncc(SC(F)(F)F)c1. The van der Waals surface area contributed by atoms with E-state index in [9.17, 15) is 23.4 Å². The summed E-state index contributed by atoms with van der Waals surface area (Å²) in [6.07, 6.45) is -0.769. The van der Waals surface area contributed by atoms with Crippen molar-refractivity contribution < 1.29 is 32.9 Å². The van der Waals surface area contributed by atoms with Gasteiger partial charge in [0.2, 0.25) is 0 Å². The summed E-state index contributed by atoms with van der Waals surface area (Å²) in [6, 6.07) is 0.252. The molecule has 1 aromatic heterocycles. The van der Waals surface area contributed by atoms with Crippen molar-refractivity contribution in [2.24, 2.45) is 5.11 Å². The molecule has 8 nitrogen and oxygen atoms in total. The van der Waals surface area contributed by atoms with Crippen LogP contribution in [0.5, 0.6) is 0 Å². The lowest BCUT2D eigenvalue weighted by atomic mass is 9.98. The normalized spacial score (nSPS) is 29.2. The number of pyridine rings is 1. The van der Waals surface area contributed by atoms with Crippen LogP contribution in [0.3, 0.4) is 0 Å². The third kappa shape index (κ3) is 5.39. The topological polar surface area (TPSA) is 121 Å². The number of aliphatic hydroxyl groups is 2. The molecule has 13 heteroatoms. The molecule has 2 rings (SSSR count). The molecule has 144 valence electrons. The number of nitrogens with zero attached hydrogens (tertiary/aromatic N) is 4. The van der Waals surface area contributed by atoms with Crippen molar-refractivity contribution in [3.63, 3.8) is 0 Å².